The molecule has 0 N–H and O–H groups in total. The molecular formula is C16H15ClO4S. The number of ketones is 1. The van der Waals surface area contributed by atoms with Gasteiger partial charge < -0.3 is 4.74 Å². The predicted molar refractivity (Wildman–Crippen MR) is 84.8 cm³/mol. The molecule has 2 rings (SSSR count). The van der Waals surface area contributed by atoms with Crippen LogP contribution in [0, 0.1) is 0 Å². The molecule has 22 heavy (non-hydrogen) atoms. The number of benzene rings is 2. The zero-order valence-electron chi connectivity index (χ0n) is 11.9. The summed E-state index contributed by atoms with van der Waals surface area (Å²) in [7, 11) is -3.93. The van der Waals surface area contributed by atoms with E-state index in [1.165, 1.54) is 36.4 Å². The van der Waals surface area contributed by atoms with Gasteiger partial charge in [-0.25, -0.2) is 8.42 Å². The first kappa shape index (κ1) is 16.7. The summed E-state index contributed by atoms with van der Waals surface area (Å²) >= 11 is 5.78. The van der Waals surface area contributed by atoms with Crippen LogP contribution in [0.15, 0.2) is 59.5 Å². The molecule has 116 valence electrons. The van der Waals surface area contributed by atoms with Gasteiger partial charge in [0.2, 0.25) is 21.1 Å². The summed E-state index contributed by atoms with van der Waals surface area (Å²) in [5.74, 6) is -0.609. The van der Waals surface area contributed by atoms with Crippen LogP contribution in [0.1, 0.15) is 17.3 Å². The van der Waals surface area contributed by atoms with Gasteiger partial charge in [-0.1, -0.05) is 29.8 Å². The Morgan fingerprint density at radius 3 is 2.23 bits per heavy atom. The van der Waals surface area contributed by atoms with Gasteiger partial charge in [-0.05, 0) is 43.3 Å². The predicted octanol–water partition coefficient (Wildman–Crippen LogP) is 3.36. The Kier molecular flexibility index (Phi) is 5.34. The van der Waals surface area contributed by atoms with Gasteiger partial charge in [0.1, 0.15) is 0 Å². The smallest absolute Gasteiger partial charge is 0.226 e. The van der Waals surface area contributed by atoms with E-state index < -0.39 is 21.1 Å². The number of sulfone groups is 1. The third kappa shape index (κ3) is 3.55. The van der Waals surface area contributed by atoms with Gasteiger partial charge in [0.15, 0.2) is 0 Å². The van der Waals surface area contributed by atoms with Crippen molar-refractivity contribution in [2.45, 2.75) is 17.3 Å². The lowest BCUT2D eigenvalue weighted by atomic mass is 10.1. The molecule has 2 aromatic rings. The first-order chi connectivity index (χ1) is 10.5. The molecule has 0 radical (unpaired) electrons. The van der Waals surface area contributed by atoms with E-state index in [2.05, 4.69) is 0 Å². The standard InChI is InChI=1S/C16H15ClO4S/c1-2-21-16(15(18)12-8-10-13(17)11-9-12)22(19,20)14-6-4-3-5-7-14/h3-11,16H,2H2,1H3. The Morgan fingerprint density at radius 1 is 1.09 bits per heavy atom. The van der Waals surface area contributed by atoms with E-state index in [1.807, 2.05) is 0 Å². The quantitative estimate of drug-likeness (QED) is 0.758. The molecule has 0 aliphatic rings. The molecule has 2 aromatic carbocycles. The van der Waals surface area contributed by atoms with Crippen molar-refractivity contribution in [2.24, 2.45) is 0 Å². The van der Waals surface area contributed by atoms with E-state index in [4.69, 9.17) is 16.3 Å². The van der Waals surface area contributed by atoms with Crippen LogP contribution in [0.3, 0.4) is 0 Å². The van der Waals surface area contributed by atoms with Crippen molar-refractivity contribution >= 4 is 27.2 Å². The molecule has 0 aliphatic carbocycles. The highest BCUT2D eigenvalue weighted by Crippen LogP contribution is 2.21. The Hall–Kier alpha value is -1.69. The molecular weight excluding hydrogens is 324 g/mol. The first-order valence-corrected chi connectivity index (χ1v) is 8.59. The lowest BCUT2D eigenvalue weighted by molar-refractivity contribution is 0.0686. The zero-order valence-corrected chi connectivity index (χ0v) is 13.5. The molecule has 1 unspecified atom stereocenters. The van der Waals surface area contributed by atoms with Crippen LogP contribution < -0.4 is 0 Å². The van der Waals surface area contributed by atoms with E-state index in [0.29, 0.717) is 5.02 Å². The third-order valence-electron chi connectivity index (χ3n) is 3.01. The minimum atomic E-state index is -3.93. The van der Waals surface area contributed by atoms with E-state index in [-0.39, 0.29) is 17.1 Å². The molecule has 0 saturated heterocycles. The number of rotatable bonds is 6. The van der Waals surface area contributed by atoms with Crippen LogP contribution in [-0.2, 0) is 14.6 Å². The number of carbonyl (C=O) groups excluding carboxylic acids is 1. The first-order valence-electron chi connectivity index (χ1n) is 6.67. The van der Waals surface area contributed by atoms with Crippen molar-refractivity contribution in [3.63, 3.8) is 0 Å². The largest absolute Gasteiger partial charge is 0.355 e. The summed E-state index contributed by atoms with van der Waals surface area (Å²) in [5.41, 5.74) is -1.33. The number of hydrogen-bond donors (Lipinski definition) is 0. The van der Waals surface area contributed by atoms with Crippen molar-refractivity contribution < 1.29 is 17.9 Å². The topological polar surface area (TPSA) is 60.4 Å². The van der Waals surface area contributed by atoms with Gasteiger partial charge in [0.25, 0.3) is 0 Å². The second kappa shape index (κ2) is 7.05. The fraction of sp³-hybridized carbons (Fsp3) is 0.188. The lowest BCUT2D eigenvalue weighted by Crippen LogP contribution is -2.33. The van der Waals surface area contributed by atoms with E-state index in [9.17, 15) is 13.2 Å². The molecule has 0 aromatic heterocycles. The summed E-state index contributed by atoms with van der Waals surface area (Å²) in [6.45, 7) is 1.75. The van der Waals surface area contributed by atoms with Crippen molar-refractivity contribution in [3.05, 3.63) is 65.2 Å². The van der Waals surface area contributed by atoms with Gasteiger partial charge in [-0.2, -0.15) is 0 Å². The van der Waals surface area contributed by atoms with Crippen LogP contribution in [0.2, 0.25) is 5.02 Å². The maximum Gasteiger partial charge on any atom is 0.226 e. The monoisotopic (exact) mass is 338 g/mol. The normalized spacial score (nSPS) is 12.8. The Balaban J connectivity index is 2.41. The van der Waals surface area contributed by atoms with Crippen LogP contribution in [0.25, 0.3) is 0 Å². The lowest BCUT2D eigenvalue weighted by Gasteiger charge is -2.16. The SMILES string of the molecule is CCOC(C(=O)c1ccc(Cl)cc1)S(=O)(=O)c1ccccc1. The van der Waals surface area contributed by atoms with Crippen molar-refractivity contribution in [1.82, 2.24) is 0 Å². The van der Waals surface area contributed by atoms with Crippen LogP contribution >= 0.6 is 11.6 Å². The molecule has 6 heteroatoms. The number of ether oxygens (including phenoxy) is 1. The maximum absolute atomic E-state index is 12.6. The average Bonchev–Trinajstić information content (AvgIpc) is 2.53. The third-order valence-corrected chi connectivity index (χ3v) is 5.11. The second-order valence-corrected chi connectivity index (χ2v) is 6.94. The highest BCUT2D eigenvalue weighted by molar-refractivity contribution is 7.92. The minimum Gasteiger partial charge on any atom is -0.355 e. The fourth-order valence-corrected chi connectivity index (χ4v) is 3.58. The Labute approximate surface area is 134 Å². The summed E-state index contributed by atoms with van der Waals surface area (Å²) in [6, 6.07) is 13.8. The highest BCUT2D eigenvalue weighted by Gasteiger charge is 2.35. The number of hydrogen-bond acceptors (Lipinski definition) is 4. The summed E-state index contributed by atoms with van der Waals surface area (Å²) in [4.78, 5) is 12.6. The Morgan fingerprint density at radius 2 is 1.68 bits per heavy atom. The molecule has 1 atom stereocenters. The zero-order chi connectivity index (χ0) is 16.2. The van der Waals surface area contributed by atoms with Crippen LogP contribution in [0.5, 0.6) is 0 Å². The van der Waals surface area contributed by atoms with Crippen LogP contribution in [0.4, 0.5) is 0 Å². The van der Waals surface area contributed by atoms with E-state index in [1.54, 1.807) is 25.1 Å². The average molecular weight is 339 g/mol. The fourth-order valence-electron chi connectivity index (χ4n) is 1.94. The Bertz CT molecular complexity index is 739. The molecule has 0 heterocycles. The van der Waals surface area contributed by atoms with Gasteiger partial charge in [-0.3, -0.25) is 4.79 Å². The summed E-state index contributed by atoms with van der Waals surface area (Å²) < 4.78 is 30.5. The maximum atomic E-state index is 12.6. The van der Waals surface area contributed by atoms with Gasteiger partial charge >= 0.3 is 0 Å². The second-order valence-electron chi connectivity index (χ2n) is 4.52. The minimum absolute atomic E-state index is 0.0516. The molecule has 0 bridgehead atoms. The van der Waals surface area contributed by atoms with E-state index >= 15 is 0 Å². The number of carbonyl (C=O) groups is 1. The molecule has 0 amide bonds. The van der Waals surface area contributed by atoms with Crippen molar-refractivity contribution in [1.29, 1.82) is 0 Å². The van der Waals surface area contributed by atoms with Crippen LogP contribution in [-0.4, -0.2) is 26.2 Å². The number of Topliss-reactive ketones (excluding diaryl/α,β-unsaturated/α-hetero) is 1. The molecule has 0 aliphatic heterocycles. The summed E-state index contributed by atoms with van der Waals surface area (Å²) in [5, 5.41) is 0.468. The van der Waals surface area contributed by atoms with Gasteiger partial charge in [0.05, 0.1) is 4.90 Å². The summed E-state index contributed by atoms with van der Waals surface area (Å²) in [6.07, 6.45) is 0. The van der Waals surface area contributed by atoms with Crippen molar-refractivity contribution in [2.75, 3.05) is 6.61 Å². The number of halogens is 1. The molecule has 4 nitrogen and oxygen atoms in total. The van der Waals surface area contributed by atoms with Gasteiger partial charge in [-0.15, -0.1) is 0 Å². The molecule has 0 spiro atoms. The highest BCUT2D eigenvalue weighted by atomic mass is 35.5. The molecule has 0 fully saturated rings. The van der Waals surface area contributed by atoms with Crippen molar-refractivity contribution in [3.8, 4) is 0 Å². The molecule has 0 saturated carbocycles. The van der Waals surface area contributed by atoms with Gasteiger partial charge in [0, 0.05) is 17.2 Å². The van der Waals surface area contributed by atoms with E-state index in [0.717, 1.165) is 0 Å².